The number of nitrogens with one attached hydrogen (secondary N) is 1. The minimum absolute atomic E-state index is 0.225. The predicted octanol–water partition coefficient (Wildman–Crippen LogP) is 4.21. The maximum Gasteiger partial charge on any atom is 0.129 e. The van der Waals surface area contributed by atoms with Crippen LogP contribution in [-0.2, 0) is 13.2 Å². The summed E-state index contributed by atoms with van der Waals surface area (Å²) in [4.78, 5) is 0. The minimum Gasteiger partial charge on any atom is -0.489 e. The van der Waals surface area contributed by atoms with E-state index in [0.717, 1.165) is 23.4 Å². The monoisotopic (exact) mass is 287 g/mol. The van der Waals surface area contributed by atoms with E-state index >= 15 is 0 Å². The first-order valence-electron chi connectivity index (χ1n) is 7.25. The van der Waals surface area contributed by atoms with E-state index in [1.807, 2.05) is 43.3 Å². The van der Waals surface area contributed by atoms with Crippen LogP contribution in [0.25, 0.3) is 0 Å². The Morgan fingerprint density at radius 2 is 1.90 bits per heavy atom. The van der Waals surface area contributed by atoms with Crippen LogP contribution in [0, 0.1) is 12.7 Å². The standard InChI is InChI=1S/C18H22FNO/c1-13(2)20-11-15-8-9-17(19)16(10-15)12-21-18-7-5-4-6-14(18)3/h4-10,13,20H,11-12H2,1-3H3. The van der Waals surface area contributed by atoms with Crippen LogP contribution in [0.5, 0.6) is 5.75 Å². The van der Waals surface area contributed by atoms with Crippen LogP contribution in [0.15, 0.2) is 42.5 Å². The fourth-order valence-corrected chi connectivity index (χ4v) is 2.04. The molecule has 0 bridgehead atoms. The van der Waals surface area contributed by atoms with Gasteiger partial charge in [0.15, 0.2) is 0 Å². The summed E-state index contributed by atoms with van der Waals surface area (Å²) >= 11 is 0. The van der Waals surface area contributed by atoms with Crippen LogP contribution in [0.4, 0.5) is 4.39 Å². The van der Waals surface area contributed by atoms with Gasteiger partial charge in [-0.05, 0) is 36.2 Å². The van der Waals surface area contributed by atoms with Crippen LogP contribution in [0.3, 0.4) is 0 Å². The molecule has 0 unspecified atom stereocenters. The van der Waals surface area contributed by atoms with Crippen molar-refractivity contribution < 1.29 is 9.13 Å². The van der Waals surface area contributed by atoms with E-state index < -0.39 is 0 Å². The van der Waals surface area contributed by atoms with Crippen molar-refractivity contribution >= 4 is 0 Å². The van der Waals surface area contributed by atoms with Gasteiger partial charge in [0.05, 0.1) is 0 Å². The van der Waals surface area contributed by atoms with E-state index in [9.17, 15) is 4.39 Å². The molecule has 112 valence electrons. The molecule has 3 heteroatoms. The summed E-state index contributed by atoms with van der Waals surface area (Å²) in [6, 6.07) is 13.3. The van der Waals surface area contributed by atoms with Crippen LogP contribution in [0.2, 0.25) is 0 Å². The predicted molar refractivity (Wildman–Crippen MR) is 83.9 cm³/mol. The maximum absolute atomic E-state index is 13.9. The van der Waals surface area contributed by atoms with Gasteiger partial charge in [-0.15, -0.1) is 0 Å². The summed E-state index contributed by atoms with van der Waals surface area (Å²) in [5, 5.41) is 3.33. The van der Waals surface area contributed by atoms with Gasteiger partial charge in [0.1, 0.15) is 18.2 Å². The van der Waals surface area contributed by atoms with Gasteiger partial charge >= 0.3 is 0 Å². The zero-order chi connectivity index (χ0) is 15.2. The number of halogens is 1. The summed E-state index contributed by atoms with van der Waals surface area (Å²) < 4.78 is 19.6. The highest BCUT2D eigenvalue weighted by Crippen LogP contribution is 2.19. The SMILES string of the molecule is Cc1ccccc1OCc1cc(CNC(C)C)ccc1F. The first-order valence-corrected chi connectivity index (χ1v) is 7.25. The Labute approximate surface area is 126 Å². The molecule has 0 atom stereocenters. The number of hydrogen-bond donors (Lipinski definition) is 1. The van der Waals surface area contributed by atoms with E-state index in [0.29, 0.717) is 11.6 Å². The smallest absolute Gasteiger partial charge is 0.129 e. The lowest BCUT2D eigenvalue weighted by molar-refractivity contribution is 0.297. The Morgan fingerprint density at radius 3 is 2.62 bits per heavy atom. The van der Waals surface area contributed by atoms with Crippen molar-refractivity contribution in [1.29, 1.82) is 0 Å². The molecule has 1 N–H and O–H groups in total. The maximum atomic E-state index is 13.9. The molecule has 2 aromatic carbocycles. The van der Waals surface area contributed by atoms with Crippen LogP contribution < -0.4 is 10.1 Å². The summed E-state index contributed by atoms with van der Waals surface area (Å²) in [6.45, 7) is 7.13. The summed E-state index contributed by atoms with van der Waals surface area (Å²) in [5.41, 5.74) is 2.70. The van der Waals surface area contributed by atoms with Crippen molar-refractivity contribution in [2.24, 2.45) is 0 Å². The molecule has 0 aliphatic heterocycles. The zero-order valence-electron chi connectivity index (χ0n) is 12.8. The van der Waals surface area contributed by atoms with E-state index in [2.05, 4.69) is 19.2 Å². The normalized spacial score (nSPS) is 10.9. The van der Waals surface area contributed by atoms with Crippen molar-refractivity contribution in [3.8, 4) is 5.75 Å². The highest BCUT2D eigenvalue weighted by Gasteiger charge is 2.06. The van der Waals surface area contributed by atoms with Crippen molar-refractivity contribution in [2.45, 2.75) is 40.0 Å². The Kier molecular flexibility index (Phi) is 5.34. The Bertz CT molecular complexity index is 596. The first-order chi connectivity index (χ1) is 10.1. The topological polar surface area (TPSA) is 21.3 Å². The van der Waals surface area contributed by atoms with E-state index in [1.165, 1.54) is 6.07 Å². The fraction of sp³-hybridized carbons (Fsp3) is 0.333. The van der Waals surface area contributed by atoms with Gasteiger partial charge in [-0.2, -0.15) is 0 Å². The largest absolute Gasteiger partial charge is 0.489 e. The molecule has 0 amide bonds. The molecule has 21 heavy (non-hydrogen) atoms. The van der Waals surface area contributed by atoms with Crippen LogP contribution in [0.1, 0.15) is 30.5 Å². The molecule has 0 aliphatic carbocycles. The quantitative estimate of drug-likeness (QED) is 0.859. The Balaban J connectivity index is 2.05. The first kappa shape index (κ1) is 15.5. The van der Waals surface area contributed by atoms with Gasteiger partial charge in [-0.25, -0.2) is 4.39 Å². The lowest BCUT2D eigenvalue weighted by atomic mass is 10.1. The molecular weight excluding hydrogens is 265 g/mol. The summed E-state index contributed by atoms with van der Waals surface area (Å²) in [7, 11) is 0. The second-order valence-electron chi connectivity index (χ2n) is 5.52. The second-order valence-corrected chi connectivity index (χ2v) is 5.52. The highest BCUT2D eigenvalue weighted by molar-refractivity contribution is 5.32. The molecule has 2 nitrogen and oxygen atoms in total. The molecule has 0 aliphatic rings. The number of hydrogen-bond acceptors (Lipinski definition) is 2. The fourth-order valence-electron chi connectivity index (χ4n) is 2.04. The molecule has 0 aromatic heterocycles. The van der Waals surface area contributed by atoms with Crippen LogP contribution >= 0.6 is 0 Å². The van der Waals surface area contributed by atoms with Crippen molar-refractivity contribution in [3.05, 3.63) is 65.0 Å². The highest BCUT2D eigenvalue weighted by atomic mass is 19.1. The number of aryl methyl sites for hydroxylation is 1. The average Bonchev–Trinajstić information content (AvgIpc) is 2.46. The molecule has 0 saturated heterocycles. The Morgan fingerprint density at radius 1 is 1.14 bits per heavy atom. The van der Waals surface area contributed by atoms with Crippen molar-refractivity contribution in [3.63, 3.8) is 0 Å². The molecule has 0 heterocycles. The number of benzene rings is 2. The molecule has 2 rings (SSSR count). The molecule has 0 spiro atoms. The minimum atomic E-state index is -0.225. The number of rotatable bonds is 6. The van der Waals surface area contributed by atoms with Crippen molar-refractivity contribution in [2.75, 3.05) is 0 Å². The van der Waals surface area contributed by atoms with Crippen LogP contribution in [-0.4, -0.2) is 6.04 Å². The Hall–Kier alpha value is -1.87. The number of ether oxygens (including phenoxy) is 1. The van der Waals surface area contributed by atoms with Crippen molar-refractivity contribution in [1.82, 2.24) is 5.32 Å². The molecule has 0 saturated carbocycles. The van der Waals surface area contributed by atoms with Gasteiger partial charge in [0.25, 0.3) is 0 Å². The lowest BCUT2D eigenvalue weighted by Crippen LogP contribution is -2.21. The van der Waals surface area contributed by atoms with Gasteiger partial charge in [0.2, 0.25) is 0 Å². The summed E-state index contributed by atoms with van der Waals surface area (Å²) in [5.74, 6) is 0.569. The molecule has 0 fully saturated rings. The summed E-state index contributed by atoms with van der Waals surface area (Å²) in [6.07, 6.45) is 0. The second kappa shape index (κ2) is 7.23. The third kappa shape index (κ3) is 4.57. The van der Waals surface area contributed by atoms with Gasteiger partial charge in [0, 0.05) is 18.2 Å². The zero-order valence-corrected chi connectivity index (χ0v) is 12.8. The molecule has 2 aromatic rings. The average molecular weight is 287 g/mol. The van der Waals surface area contributed by atoms with E-state index in [4.69, 9.17) is 4.74 Å². The third-order valence-electron chi connectivity index (χ3n) is 3.30. The van der Waals surface area contributed by atoms with E-state index in [-0.39, 0.29) is 12.4 Å². The van der Waals surface area contributed by atoms with Gasteiger partial charge < -0.3 is 10.1 Å². The number of para-hydroxylation sites is 1. The van der Waals surface area contributed by atoms with E-state index in [1.54, 1.807) is 0 Å². The van der Waals surface area contributed by atoms with Gasteiger partial charge in [-0.1, -0.05) is 38.1 Å². The molecule has 0 radical (unpaired) electrons. The third-order valence-corrected chi connectivity index (χ3v) is 3.30. The lowest BCUT2D eigenvalue weighted by Gasteiger charge is -2.12. The molecular formula is C18H22FNO. The van der Waals surface area contributed by atoms with Gasteiger partial charge in [-0.3, -0.25) is 0 Å².